The van der Waals surface area contributed by atoms with Gasteiger partial charge in [0.05, 0.1) is 19.3 Å². The molecule has 5 nitrogen and oxygen atoms in total. The maximum absolute atomic E-state index is 15.7. The van der Waals surface area contributed by atoms with Crippen LogP contribution in [0.25, 0.3) is 16.8 Å². The average molecular weight is 489 g/mol. The maximum Gasteiger partial charge on any atom is 0.330 e. The zero-order chi connectivity index (χ0) is 25.7. The van der Waals surface area contributed by atoms with Gasteiger partial charge in [0.15, 0.2) is 5.82 Å². The molecule has 1 amide bonds. The Labute approximate surface area is 212 Å². The van der Waals surface area contributed by atoms with Crippen LogP contribution in [-0.4, -0.2) is 33.1 Å². The number of benzene rings is 3. The Balaban J connectivity index is 1.77. The van der Waals surface area contributed by atoms with Gasteiger partial charge in [0.25, 0.3) is 0 Å². The summed E-state index contributed by atoms with van der Waals surface area (Å²) in [7, 11) is 4.97. The van der Waals surface area contributed by atoms with Crippen LogP contribution >= 0.6 is 0 Å². The second-order valence-electron chi connectivity index (χ2n) is 9.52. The Hall–Kier alpha value is -3.67. The minimum absolute atomic E-state index is 0.0508. The molecule has 1 aliphatic carbocycles. The topological polar surface area (TPSA) is 49.9 Å². The van der Waals surface area contributed by atoms with E-state index in [-0.39, 0.29) is 24.2 Å². The molecule has 0 bridgehead atoms. The number of rotatable bonds is 7. The molecule has 4 rings (SSSR count). The number of halogens is 1. The molecule has 0 heterocycles. The van der Waals surface area contributed by atoms with Crippen molar-refractivity contribution in [3.8, 4) is 0 Å². The van der Waals surface area contributed by atoms with Crippen LogP contribution in [0.15, 0.2) is 60.7 Å². The van der Waals surface area contributed by atoms with Crippen molar-refractivity contribution < 1.29 is 18.7 Å². The zero-order valence-corrected chi connectivity index (χ0v) is 21.2. The lowest BCUT2D eigenvalue weighted by Crippen LogP contribution is -2.36. The second kappa shape index (κ2) is 11.4. The van der Waals surface area contributed by atoms with Gasteiger partial charge in [-0.2, -0.15) is 0 Å². The summed E-state index contributed by atoms with van der Waals surface area (Å²) in [6, 6.07) is 16.9. The van der Waals surface area contributed by atoms with Gasteiger partial charge in [-0.1, -0.05) is 55.7 Å². The van der Waals surface area contributed by atoms with Gasteiger partial charge in [-0.25, -0.2) is 9.18 Å². The molecule has 0 saturated heterocycles. The Kier molecular flexibility index (Phi) is 8.04. The van der Waals surface area contributed by atoms with E-state index in [2.05, 4.69) is 0 Å². The summed E-state index contributed by atoms with van der Waals surface area (Å²) >= 11 is 0. The number of ether oxygens (including phenoxy) is 1. The molecule has 1 aliphatic rings. The van der Waals surface area contributed by atoms with E-state index in [4.69, 9.17) is 4.74 Å². The molecule has 3 aromatic rings. The number of anilines is 2. The van der Waals surface area contributed by atoms with Crippen molar-refractivity contribution in [3.05, 3.63) is 77.6 Å². The Morgan fingerprint density at radius 3 is 2.50 bits per heavy atom. The number of esters is 1. The second-order valence-corrected chi connectivity index (χ2v) is 9.52. The van der Waals surface area contributed by atoms with E-state index in [1.807, 2.05) is 62.6 Å². The van der Waals surface area contributed by atoms with Gasteiger partial charge in [-0.05, 0) is 53.6 Å². The van der Waals surface area contributed by atoms with Gasteiger partial charge in [0, 0.05) is 37.2 Å². The largest absolute Gasteiger partial charge is 0.466 e. The van der Waals surface area contributed by atoms with Crippen LogP contribution in [0.4, 0.5) is 15.8 Å². The highest BCUT2D eigenvalue weighted by Crippen LogP contribution is 2.33. The molecule has 0 aromatic heterocycles. The van der Waals surface area contributed by atoms with Crippen molar-refractivity contribution in [2.24, 2.45) is 5.92 Å². The SMILES string of the molecule is COC(=O)C=Cc1cccc(N(Cc2cccc3ccc(N(C)C)c(F)c23)C(=O)C2CCCCC2)c1. The summed E-state index contributed by atoms with van der Waals surface area (Å²) in [5.74, 6) is -0.721. The number of fused-ring (bicyclic) bond motifs is 1. The van der Waals surface area contributed by atoms with E-state index < -0.39 is 5.97 Å². The van der Waals surface area contributed by atoms with Crippen LogP contribution < -0.4 is 9.80 Å². The molecule has 1 fully saturated rings. The Morgan fingerprint density at radius 2 is 1.78 bits per heavy atom. The van der Waals surface area contributed by atoms with Crippen LogP contribution in [0.3, 0.4) is 0 Å². The maximum atomic E-state index is 15.7. The third kappa shape index (κ3) is 5.59. The van der Waals surface area contributed by atoms with Crippen LogP contribution in [0.2, 0.25) is 0 Å². The fourth-order valence-electron chi connectivity index (χ4n) is 4.94. The molecule has 6 heteroatoms. The van der Waals surface area contributed by atoms with E-state index in [0.29, 0.717) is 11.1 Å². The van der Waals surface area contributed by atoms with Gasteiger partial charge in [-0.3, -0.25) is 4.79 Å². The van der Waals surface area contributed by atoms with E-state index >= 15 is 4.39 Å². The standard InChI is InChI=1S/C30H33FN2O3/c1-32(2)26-17-16-22-12-8-13-24(28(22)29(26)31)20-33(30(35)23-10-5-4-6-11-23)25-14-7-9-21(19-25)15-18-27(34)36-3/h7-9,12-19,23H,4-6,10-11,20H2,1-3H3. The lowest BCUT2D eigenvalue weighted by atomic mass is 9.88. The van der Waals surface area contributed by atoms with Crippen LogP contribution in [-0.2, 0) is 20.9 Å². The van der Waals surface area contributed by atoms with Gasteiger partial charge in [0.2, 0.25) is 5.91 Å². The first-order valence-corrected chi connectivity index (χ1v) is 12.4. The quantitative estimate of drug-likeness (QED) is 0.287. The molecule has 0 unspecified atom stereocenters. The van der Waals surface area contributed by atoms with E-state index in [1.54, 1.807) is 21.9 Å². The number of carbonyl (C=O) groups is 2. The fraction of sp³-hybridized carbons (Fsp3) is 0.333. The van der Waals surface area contributed by atoms with Crippen molar-refractivity contribution in [3.63, 3.8) is 0 Å². The summed E-state index contributed by atoms with van der Waals surface area (Å²) in [6.07, 6.45) is 7.99. The van der Waals surface area contributed by atoms with Crippen molar-refractivity contribution in [2.45, 2.75) is 38.6 Å². The number of nitrogens with zero attached hydrogens (tertiary/aromatic N) is 2. The number of amides is 1. The van der Waals surface area contributed by atoms with E-state index in [1.165, 1.54) is 13.2 Å². The third-order valence-corrected chi connectivity index (χ3v) is 6.87. The Morgan fingerprint density at radius 1 is 1.03 bits per heavy atom. The summed E-state index contributed by atoms with van der Waals surface area (Å²) in [5.41, 5.74) is 2.76. The van der Waals surface area contributed by atoms with Crippen molar-refractivity contribution in [2.75, 3.05) is 31.0 Å². The molecule has 1 saturated carbocycles. The number of methoxy groups -OCH3 is 1. The van der Waals surface area contributed by atoms with Crippen LogP contribution in [0.1, 0.15) is 43.2 Å². The van der Waals surface area contributed by atoms with Gasteiger partial charge >= 0.3 is 5.97 Å². The summed E-state index contributed by atoms with van der Waals surface area (Å²) < 4.78 is 20.4. The van der Waals surface area contributed by atoms with Crippen molar-refractivity contribution in [1.82, 2.24) is 0 Å². The van der Waals surface area contributed by atoms with Crippen molar-refractivity contribution in [1.29, 1.82) is 0 Å². The highest BCUT2D eigenvalue weighted by Gasteiger charge is 2.28. The molecular formula is C30H33FN2O3. The molecule has 3 aromatic carbocycles. The molecule has 0 atom stereocenters. The molecule has 0 spiro atoms. The number of carbonyl (C=O) groups excluding carboxylic acids is 2. The summed E-state index contributed by atoms with van der Waals surface area (Å²) in [5, 5.41) is 1.34. The summed E-state index contributed by atoms with van der Waals surface area (Å²) in [6.45, 7) is 0.255. The van der Waals surface area contributed by atoms with Crippen LogP contribution in [0.5, 0.6) is 0 Å². The highest BCUT2D eigenvalue weighted by molar-refractivity contribution is 5.97. The predicted molar refractivity (Wildman–Crippen MR) is 143 cm³/mol. The van der Waals surface area contributed by atoms with Gasteiger partial charge in [0.1, 0.15) is 0 Å². The van der Waals surface area contributed by atoms with E-state index in [0.717, 1.165) is 54.3 Å². The third-order valence-electron chi connectivity index (χ3n) is 6.87. The molecule has 188 valence electrons. The molecule has 0 N–H and O–H groups in total. The minimum atomic E-state index is -0.446. The molecule has 36 heavy (non-hydrogen) atoms. The zero-order valence-electron chi connectivity index (χ0n) is 21.2. The van der Waals surface area contributed by atoms with Crippen LogP contribution in [0, 0.1) is 11.7 Å². The average Bonchev–Trinajstić information content (AvgIpc) is 2.90. The first kappa shape index (κ1) is 25.4. The fourth-order valence-corrected chi connectivity index (χ4v) is 4.94. The number of hydrogen-bond donors (Lipinski definition) is 0. The van der Waals surface area contributed by atoms with E-state index in [9.17, 15) is 9.59 Å². The lowest BCUT2D eigenvalue weighted by molar-refractivity contribution is -0.134. The first-order chi connectivity index (χ1) is 17.4. The summed E-state index contributed by atoms with van der Waals surface area (Å²) in [4.78, 5) is 29.0. The smallest absolute Gasteiger partial charge is 0.330 e. The van der Waals surface area contributed by atoms with Gasteiger partial charge < -0.3 is 14.5 Å². The monoisotopic (exact) mass is 488 g/mol. The molecular weight excluding hydrogens is 455 g/mol. The Bertz CT molecular complexity index is 1280. The normalized spacial score (nSPS) is 14.2. The molecule has 0 aliphatic heterocycles. The lowest BCUT2D eigenvalue weighted by Gasteiger charge is -2.30. The highest BCUT2D eigenvalue weighted by atomic mass is 19.1. The minimum Gasteiger partial charge on any atom is -0.466 e. The van der Waals surface area contributed by atoms with Crippen molar-refractivity contribution >= 4 is 40.1 Å². The predicted octanol–water partition coefficient (Wildman–Crippen LogP) is 6.34. The molecule has 0 radical (unpaired) electrons. The number of hydrogen-bond acceptors (Lipinski definition) is 4. The van der Waals surface area contributed by atoms with Gasteiger partial charge in [-0.15, -0.1) is 0 Å². The first-order valence-electron chi connectivity index (χ1n) is 12.4.